The highest BCUT2D eigenvalue weighted by molar-refractivity contribution is 6.01. The predicted octanol–water partition coefficient (Wildman–Crippen LogP) is 3.73. The van der Waals surface area contributed by atoms with Gasteiger partial charge in [-0.15, -0.1) is 0 Å². The number of rotatable bonds is 6. The predicted molar refractivity (Wildman–Crippen MR) is 105 cm³/mol. The van der Waals surface area contributed by atoms with Crippen LogP contribution in [0.5, 0.6) is 11.5 Å². The van der Waals surface area contributed by atoms with Crippen LogP contribution < -0.4 is 9.47 Å². The number of fused-ring (bicyclic) bond motifs is 1. The van der Waals surface area contributed by atoms with Gasteiger partial charge in [0, 0.05) is 30.0 Å². The topological polar surface area (TPSA) is 60.4 Å². The molecule has 0 saturated carbocycles. The standard InChI is InChI=1S/C22H23FN2O4/c1-14(2)22(26)25(11-16-5-3-4-6-18(16)23)12-17-10-19(24-29-17)15-7-8-20-21(9-15)28-13-27-20/h3-9,14,17H,10-13H2,1-2H3/t17-/m1/s1. The van der Waals surface area contributed by atoms with E-state index in [-0.39, 0.29) is 37.1 Å². The molecule has 0 saturated heterocycles. The van der Waals surface area contributed by atoms with E-state index in [2.05, 4.69) is 5.16 Å². The van der Waals surface area contributed by atoms with Crippen LogP contribution in [0, 0.1) is 11.7 Å². The van der Waals surface area contributed by atoms with Crippen LogP contribution >= 0.6 is 0 Å². The van der Waals surface area contributed by atoms with Crippen LogP contribution in [0.25, 0.3) is 0 Å². The van der Waals surface area contributed by atoms with Gasteiger partial charge < -0.3 is 19.2 Å². The second-order valence-electron chi connectivity index (χ2n) is 7.50. The molecule has 0 unspecified atom stereocenters. The van der Waals surface area contributed by atoms with Gasteiger partial charge in [0.1, 0.15) is 5.82 Å². The summed E-state index contributed by atoms with van der Waals surface area (Å²) in [6, 6.07) is 12.1. The number of carbonyl (C=O) groups is 1. The van der Waals surface area contributed by atoms with Crippen molar-refractivity contribution in [3.8, 4) is 11.5 Å². The first-order chi connectivity index (χ1) is 14.0. The second kappa shape index (κ2) is 8.11. The zero-order valence-electron chi connectivity index (χ0n) is 16.4. The van der Waals surface area contributed by atoms with Gasteiger partial charge in [0.25, 0.3) is 0 Å². The lowest BCUT2D eigenvalue weighted by Crippen LogP contribution is -2.39. The fourth-order valence-corrected chi connectivity index (χ4v) is 3.45. The molecule has 152 valence electrons. The third kappa shape index (κ3) is 4.18. The van der Waals surface area contributed by atoms with Crippen LogP contribution in [0.2, 0.25) is 0 Å². The van der Waals surface area contributed by atoms with E-state index in [9.17, 15) is 9.18 Å². The maximum atomic E-state index is 14.1. The molecule has 1 atom stereocenters. The van der Waals surface area contributed by atoms with Crippen molar-refractivity contribution in [2.45, 2.75) is 32.9 Å². The normalized spacial score (nSPS) is 17.2. The first-order valence-corrected chi connectivity index (χ1v) is 9.66. The van der Waals surface area contributed by atoms with Crippen LogP contribution in [0.1, 0.15) is 31.4 Å². The Kier molecular flexibility index (Phi) is 5.38. The van der Waals surface area contributed by atoms with Gasteiger partial charge in [0.15, 0.2) is 17.6 Å². The maximum absolute atomic E-state index is 14.1. The Balaban J connectivity index is 1.45. The maximum Gasteiger partial charge on any atom is 0.231 e. The van der Waals surface area contributed by atoms with Crippen molar-refractivity contribution in [1.82, 2.24) is 4.90 Å². The van der Waals surface area contributed by atoms with Crippen molar-refractivity contribution < 1.29 is 23.5 Å². The van der Waals surface area contributed by atoms with Crippen molar-refractivity contribution in [2.75, 3.05) is 13.3 Å². The Morgan fingerprint density at radius 1 is 1.21 bits per heavy atom. The molecule has 0 bridgehead atoms. The first-order valence-electron chi connectivity index (χ1n) is 9.66. The molecule has 6 nitrogen and oxygen atoms in total. The summed E-state index contributed by atoms with van der Waals surface area (Å²) in [5.41, 5.74) is 2.17. The molecule has 0 fully saturated rings. The number of hydrogen-bond donors (Lipinski definition) is 0. The molecule has 0 spiro atoms. The number of amides is 1. The zero-order chi connectivity index (χ0) is 20.4. The van der Waals surface area contributed by atoms with Crippen molar-refractivity contribution >= 4 is 11.6 Å². The van der Waals surface area contributed by atoms with Crippen molar-refractivity contribution in [3.63, 3.8) is 0 Å². The van der Waals surface area contributed by atoms with Crippen LogP contribution in [-0.4, -0.2) is 36.0 Å². The molecular formula is C22H23FN2O4. The summed E-state index contributed by atoms with van der Waals surface area (Å²) < 4.78 is 24.9. The Morgan fingerprint density at radius 2 is 2.00 bits per heavy atom. The van der Waals surface area contributed by atoms with Crippen LogP contribution in [0.15, 0.2) is 47.6 Å². The molecule has 0 aromatic heterocycles. The summed E-state index contributed by atoms with van der Waals surface area (Å²) in [5.74, 6) is 0.831. The third-order valence-corrected chi connectivity index (χ3v) is 4.99. The Bertz CT molecular complexity index is 944. The Hall–Kier alpha value is -3.09. The van der Waals surface area contributed by atoms with E-state index in [0.717, 1.165) is 11.3 Å². The van der Waals surface area contributed by atoms with Crippen molar-refractivity contribution in [3.05, 3.63) is 59.4 Å². The molecule has 2 heterocycles. The van der Waals surface area contributed by atoms with Gasteiger partial charge in [0.05, 0.1) is 12.3 Å². The molecular weight excluding hydrogens is 375 g/mol. The van der Waals surface area contributed by atoms with Gasteiger partial charge in [-0.2, -0.15) is 0 Å². The molecule has 2 aliphatic rings. The fourth-order valence-electron chi connectivity index (χ4n) is 3.45. The molecule has 0 aliphatic carbocycles. The van der Waals surface area contributed by atoms with E-state index in [0.29, 0.717) is 30.0 Å². The van der Waals surface area contributed by atoms with Gasteiger partial charge in [-0.25, -0.2) is 4.39 Å². The summed E-state index contributed by atoms with van der Waals surface area (Å²) in [5, 5.41) is 4.20. The molecule has 2 aromatic carbocycles. The highest BCUT2D eigenvalue weighted by Gasteiger charge is 2.29. The molecule has 0 radical (unpaired) electrons. The smallest absolute Gasteiger partial charge is 0.231 e. The molecule has 1 amide bonds. The lowest BCUT2D eigenvalue weighted by atomic mass is 10.0. The minimum Gasteiger partial charge on any atom is -0.454 e. The lowest BCUT2D eigenvalue weighted by Gasteiger charge is -2.26. The highest BCUT2D eigenvalue weighted by Crippen LogP contribution is 2.33. The van der Waals surface area contributed by atoms with Gasteiger partial charge in [0.2, 0.25) is 12.7 Å². The minimum atomic E-state index is -0.321. The summed E-state index contributed by atoms with van der Waals surface area (Å²) >= 11 is 0. The average Bonchev–Trinajstić information content (AvgIpc) is 3.37. The fraction of sp³-hybridized carbons (Fsp3) is 0.364. The Labute approximate surface area is 168 Å². The van der Waals surface area contributed by atoms with Gasteiger partial charge >= 0.3 is 0 Å². The number of halogens is 1. The SMILES string of the molecule is CC(C)C(=O)N(Cc1ccccc1F)C[C@H]1CC(c2ccc3c(c2)OCO3)=NO1. The quantitative estimate of drug-likeness (QED) is 0.744. The highest BCUT2D eigenvalue weighted by atomic mass is 19.1. The lowest BCUT2D eigenvalue weighted by molar-refractivity contribution is -0.137. The zero-order valence-corrected chi connectivity index (χ0v) is 16.4. The van der Waals surface area contributed by atoms with E-state index >= 15 is 0 Å². The van der Waals surface area contributed by atoms with E-state index in [1.165, 1.54) is 6.07 Å². The number of carbonyl (C=O) groups excluding carboxylic acids is 1. The summed E-state index contributed by atoms with van der Waals surface area (Å²) in [6.07, 6.45) is 0.267. The summed E-state index contributed by atoms with van der Waals surface area (Å²) in [6.45, 7) is 4.42. The number of ether oxygens (including phenoxy) is 2. The van der Waals surface area contributed by atoms with E-state index < -0.39 is 0 Å². The van der Waals surface area contributed by atoms with Gasteiger partial charge in [-0.1, -0.05) is 37.2 Å². The van der Waals surface area contributed by atoms with Crippen molar-refractivity contribution in [1.29, 1.82) is 0 Å². The van der Waals surface area contributed by atoms with Gasteiger partial charge in [-0.05, 0) is 24.3 Å². The number of oxime groups is 1. The summed E-state index contributed by atoms with van der Waals surface area (Å²) in [7, 11) is 0. The van der Waals surface area contributed by atoms with Gasteiger partial charge in [-0.3, -0.25) is 4.79 Å². The molecule has 4 rings (SSSR count). The molecule has 2 aromatic rings. The van der Waals surface area contributed by atoms with E-state index in [1.807, 2.05) is 32.0 Å². The monoisotopic (exact) mass is 398 g/mol. The van der Waals surface area contributed by atoms with E-state index in [4.69, 9.17) is 14.3 Å². The van der Waals surface area contributed by atoms with Crippen LogP contribution in [0.3, 0.4) is 0 Å². The molecule has 7 heteroatoms. The van der Waals surface area contributed by atoms with Crippen LogP contribution in [-0.2, 0) is 16.2 Å². The molecule has 0 N–H and O–H groups in total. The van der Waals surface area contributed by atoms with E-state index in [1.54, 1.807) is 23.1 Å². The average molecular weight is 398 g/mol. The number of hydrogen-bond acceptors (Lipinski definition) is 5. The first kappa shape index (κ1) is 19.2. The largest absolute Gasteiger partial charge is 0.454 e. The number of nitrogens with zero attached hydrogens (tertiary/aromatic N) is 2. The third-order valence-electron chi connectivity index (χ3n) is 4.99. The molecule has 29 heavy (non-hydrogen) atoms. The van der Waals surface area contributed by atoms with Crippen molar-refractivity contribution in [2.24, 2.45) is 11.1 Å². The minimum absolute atomic E-state index is 0.0478. The van der Waals surface area contributed by atoms with Crippen LogP contribution in [0.4, 0.5) is 4.39 Å². The summed E-state index contributed by atoms with van der Waals surface area (Å²) in [4.78, 5) is 19.9. The molecule has 2 aliphatic heterocycles. The second-order valence-corrected chi connectivity index (χ2v) is 7.50. The Morgan fingerprint density at radius 3 is 2.79 bits per heavy atom. The number of benzene rings is 2.